The fraction of sp³-hybridized carbons (Fsp3) is 0.0385. The number of hydrogen-bond donors (Lipinski definition) is 1. The highest BCUT2D eigenvalue weighted by atomic mass is 79.9. The lowest BCUT2D eigenvalue weighted by Gasteiger charge is -2.18. The topological polar surface area (TPSA) is 43.1 Å². The SMILES string of the molecule is NC(=O)C(Br)(Br)c1ccccc1.c1ccc(P(c2ccccc2)c2ccccc2)cc1. The van der Waals surface area contributed by atoms with Crippen molar-refractivity contribution in [1.82, 2.24) is 0 Å². The molecule has 0 spiro atoms. The lowest BCUT2D eigenvalue weighted by atomic mass is 10.1. The number of alkyl halides is 2. The van der Waals surface area contributed by atoms with Crippen LogP contribution in [0.15, 0.2) is 121 Å². The van der Waals surface area contributed by atoms with Crippen molar-refractivity contribution in [3.05, 3.63) is 127 Å². The number of benzene rings is 4. The number of nitrogens with two attached hydrogens (primary N) is 1. The van der Waals surface area contributed by atoms with Crippen LogP contribution in [0.1, 0.15) is 5.56 Å². The lowest BCUT2D eigenvalue weighted by molar-refractivity contribution is -0.118. The highest BCUT2D eigenvalue weighted by Crippen LogP contribution is 2.37. The standard InChI is InChI=1S/C18H15P.C8H7Br2NO/c1-4-10-16(11-5-1)19(17-12-6-2-7-13-17)18-14-8-3-9-15-18;9-8(10,7(11)12)6-4-2-1-3-5-6/h1-15H;1-5H,(H2,11,12). The summed E-state index contributed by atoms with van der Waals surface area (Å²) in [6.45, 7) is 0. The minimum absolute atomic E-state index is 0.446. The molecule has 1 amide bonds. The zero-order valence-corrected chi connectivity index (χ0v) is 20.8. The van der Waals surface area contributed by atoms with E-state index >= 15 is 0 Å². The van der Waals surface area contributed by atoms with Crippen LogP contribution in [-0.4, -0.2) is 5.91 Å². The van der Waals surface area contributed by atoms with Gasteiger partial charge in [0.25, 0.3) is 0 Å². The Labute approximate surface area is 201 Å². The summed E-state index contributed by atoms with van der Waals surface area (Å²) in [6.07, 6.45) is 0. The summed E-state index contributed by atoms with van der Waals surface area (Å²) in [6, 6.07) is 41.5. The molecule has 0 saturated carbocycles. The molecule has 0 radical (unpaired) electrons. The first-order chi connectivity index (χ1) is 15.0. The molecular formula is C26H22Br2NOP. The molecule has 0 bridgehead atoms. The fourth-order valence-corrected chi connectivity index (χ4v) is 5.80. The smallest absolute Gasteiger partial charge is 0.249 e. The molecule has 0 fully saturated rings. The van der Waals surface area contributed by atoms with Gasteiger partial charge in [-0.15, -0.1) is 0 Å². The molecule has 0 aliphatic carbocycles. The average Bonchev–Trinajstić information content (AvgIpc) is 2.82. The van der Waals surface area contributed by atoms with Gasteiger partial charge in [-0.25, -0.2) is 0 Å². The summed E-state index contributed by atoms with van der Waals surface area (Å²) in [7, 11) is -0.446. The van der Waals surface area contributed by atoms with Crippen LogP contribution in [0.3, 0.4) is 0 Å². The first-order valence-electron chi connectivity index (χ1n) is 9.68. The first kappa shape index (κ1) is 23.4. The summed E-state index contributed by atoms with van der Waals surface area (Å²) in [4.78, 5) is 10.9. The van der Waals surface area contributed by atoms with Crippen molar-refractivity contribution in [1.29, 1.82) is 0 Å². The van der Waals surface area contributed by atoms with Gasteiger partial charge in [-0.2, -0.15) is 0 Å². The summed E-state index contributed by atoms with van der Waals surface area (Å²) < 4.78 is -0.943. The minimum atomic E-state index is -0.943. The number of carbonyl (C=O) groups is 1. The van der Waals surface area contributed by atoms with Crippen molar-refractivity contribution < 1.29 is 4.79 Å². The Morgan fingerprint density at radius 2 is 0.871 bits per heavy atom. The highest BCUT2D eigenvalue weighted by molar-refractivity contribution is 9.25. The second kappa shape index (κ2) is 11.4. The van der Waals surface area contributed by atoms with Gasteiger partial charge in [0.15, 0.2) is 3.23 Å². The zero-order valence-electron chi connectivity index (χ0n) is 16.7. The number of amides is 1. The predicted molar refractivity (Wildman–Crippen MR) is 140 cm³/mol. The largest absolute Gasteiger partial charge is 0.367 e. The van der Waals surface area contributed by atoms with E-state index in [1.807, 2.05) is 30.3 Å². The van der Waals surface area contributed by atoms with Gasteiger partial charge in [0.05, 0.1) is 0 Å². The van der Waals surface area contributed by atoms with Crippen molar-refractivity contribution in [2.24, 2.45) is 5.73 Å². The Morgan fingerprint density at radius 1 is 0.581 bits per heavy atom. The molecule has 4 aromatic rings. The maximum Gasteiger partial charge on any atom is 0.249 e. The van der Waals surface area contributed by atoms with Crippen molar-refractivity contribution in [3.8, 4) is 0 Å². The van der Waals surface area contributed by atoms with E-state index in [2.05, 4.69) is 123 Å². The third kappa shape index (κ3) is 6.36. The average molecular weight is 555 g/mol. The molecule has 156 valence electrons. The lowest BCUT2D eigenvalue weighted by Crippen LogP contribution is -2.29. The molecule has 0 saturated heterocycles. The highest BCUT2D eigenvalue weighted by Gasteiger charge is 2.31. The molecule has 0 heterocycles. The van der Waals surface area contributed by atoms with Crippen LogP contribution in [0.4, 0.5) is 0 Å². The molecule has 4 aromatic carbocycles. The van der Waals surface area contributed by atoms with Gasteiger partial charge in [0.1, 0.15) is 0 Å². The summed E-state index contributed by atoms with van der Waals surface area (Å²) in [5, 5.41) is 4.19. The van der Waals surface area contributed by atoms with Crippen LogP contribution >= 0.6 is 39.8 Å². The quantitative estimate of drug-likeness (QED) is 0.255. The normalized spacial score (nSPS) is 10.8. The number of halogens is 2. The van der Waals surface area contributed by atoms with Crippen molar-refractivity contribution in [2.45, 2.75) is 3.23 Å². The Kier molecular flexibility index (Phi) is 8.60. The van der Waals surface area contributed by atoms with E-state index in [0.29, 0.717) is 0 Å². The molecule has 0 aliphatic heterocycles. The van der Waals surface area contributed by atoms with Crippen LogP contribution in [0, 0.1) is 0 Å². The number of carbonyl (C=O) groups excluding carboxylic acids is 1. The Bertz CT molecular complexity index is 982. The van der Waals surface area contributed by atoms with E-state index in [1.165, 1.54) is 15.9 Å². The van der Waals surface area contributed by atoms with Crippen LogP contribution in [0.2, 0.25) is 0 Å². The molecule has 0 unspecified atom stereocenters. The molecule has 5 heteroatoms. The second-order valence-electron chi connectivity index (χ2n) is 6.65. The van der Waals surface area contributed by atoms with E-state index in [-0.39, 0.29) is 0 Å². The van der Waals surface area contributed by atoms with E-state index in [9.17, 15) is 4.79 Å². The Hall–Kier alpha value is -2.26. The molecule has 2 N–H and O–H groups in total. The maximum absolute atomic E-state index is 10.9. The van der Waals surface area contributed by atoms with Crippen molar-refractivity contribution in [3.63, 3.8) is 0 Å². The van der Waals surface area contributed by atoms with Gasteiger partial charge >= 0.3 is 0 Å². The second-order valence-corrected chi connectivity index (χ2v) is 12.3. The predicted octanol–water partition coefficient (Wildman–Crippen LogP) is 5.56. The summed E-state index contributed by atoms with van der Waals surface area (Å²) >= 11 is 6.39. The molecule has 0 aromatic heterocycles. The maximum atomic E-state index is 10.9. The number of hydrogen-bond acceptors (Lipinski definition) is 1. The summed E-state index contributed by atoms with van der Waals surface area (Å²) in [5.41, 5.74) is 5.96. The van der Waals surface area contributed by atoms with Crippen LogP contribution in [0.25, 0.3) is 0 Å². The van der Waals surface area contributed by atoms with Crippen LogP contribution < -0.4 is 21.6 Å². The van der Waals surface area contributed by atoms with Gasteiger partial charge in [-0.05, 0) is 29.4 Å². The fourth-order valence-electron chi connectivity index (χ4n) is 2.97. The number of rotatable bonds is 5. The van der Waals surface area contributed by atoms with Gasteiger partial charge in [-0.3, -0.25) is 4.79 Å². The Balaban J connectivity index is 0.000000196. The molecule has 2 nitrogen and oxygen atoms in total. The third-order valence-electron chi connectivity index (χ3n) is 4.49. The van der Waals surface area contributed by atoms with Gasteiger partial charge in [0.2, 0.25) is 5.91 Å². The van der Waals surface area contributed by atoms with E-state index in [1.54, 1.807) is 0 Å². The molecule has 0 atom stereocenters. The zero-order chi connectivity index (χ0) is 22.1. The van der Waals surface area contributed by atoms with E-state index in [4.69, 9.17) is 5.73 Å². The summed E-state index contributed by atoms with van der Waals surface area (Å²) in [5.74, 6) is -0.464. The minimum Gasteiger partial charge on any atom is -0.367 e. The first-order valence-corrected chi connectivity index (χ1v) is 12.6. The van der Waals surface area contributed by atoms with Crippen molar-refractivity contribution in [2.75, 3.05) is 0 Å². The van der Waals surface area contributed by atoms with Crippen molar-refractivity contribution >= 4 is 61.6 Å². The molecule has 31 heavy (non-hydrogen) atoms. The van der Waals surface area contributed by atoms with E-state index in [0.717, 1.165) is 5.56 Å². The molecule has 4 rings (SSSR count). The molecule has 0 aliphatic rings. The van der Waals surface area contributed by atoms with Gasteiger partial charge in [-0.1, -0.05) is 153 Å². The van der Waals surface area contributed by atoms with Gasteiger partial charge in [0, 0.05) is 0 Å². The Morgan fingerprint density at radius 3 is 1.16 bits per heavy atom. The van der Waals surface area contributed by atoms with Gasteiger partial charge < -0.3 is 5.73 Å². The van der Waals surface area contributed by atoms with Crippen LogP contribution in [-0.2, 0) is 8.03 Å². The van der Waals surface area contributed by atoms with Crippen LogP contribution in [0.5, 0.6) is 0 Å². The third-order valence-corrected chi connectivity index (χ3v) is 8.63. The van der Waals surface area contributed by atoms with E-state index < -0.39 is 17.1 Å². The molecular weight excluding hydrogens is 533 g/mol. The monoisotopic (exact) mass is 553 g/mol. The number of primary amides is 1.